The third-order valence-corrected chi connectivity index (χ3v) is 5.35. The lowest BCUT2D eigenvalue weighted by Crippen LogP contribution is -2.49. The Bertz CT molecular complexity index is 759. The Labute approximate surface area is 134 Å². The van der Waals surface area contributed by atoms with E-state index in [9.17, 15) is 13.2 Å². The number of amides is 1. The molecule has 1 aliphatic heterocycles. The molecule has 7 nitrogen and oxygen atoms in total. The van der Waals surface area contributed by atoms with Gasteiger partial charge in [0.25, 0.3) is 5.91 Å². The van der Waals surface area contributed by atoms with Crippen LogP contribution in [-0.2, 0) is 10.0 Å². The van der Waals surface area contributed by atoms with Crippen LogP contribution in [0.4, 0.5) is 0 Å². The Morgan fingerprint density at radius 2 is 2.04 bits per heavy atom. The van der Waals surface area contributed by atoms with Crippen LogP contribution < -0.4 is 4.72 Å². The van der Waals surface area contributed by atoms with Crippen LogP contribution in [0.5, 0.6) is 0 Å². The van der Waals surface area contributed by atoms with E-state index in [0.717, 1.165) is 6.42 Å². The summed E-state index contributed by atoms with van der Waals surface area (Å²) in [6.07, 6.45) is 2.98. The van der Waals surface area contributed by atoms with Crippen LogP contribution in [0.25, 0.3) is 0 Å². The molecule has 2 heterocycles. The molecular formula is C15H18N4O3S. The fraction of sp³-hybridized carbons (Fsp3) is 0.333. The molecule has 1 aliphatic rings. The third kappa shape index (κ3) is 3.59. The summed E-state index contributed by atoms with van der Waals surface area (Å²) >= 11 is 0. The fourth-order valence-electron chi connectivity index (χ4n) is 2.69. The van der Waals surface area contributed by atoms with Gasteiger partial charge >= 0.3 is 0 Å². The quantitative estimate of drug-likeness (QED) is 0.872. The number of benzene rings is 1. The number of carbonyl (C=O) groups excluding carboxylic acids is 1. The lowest BCUT2D eigenvalue weighted by molar-refractivity contribution is 0.0697. The zero-order valence-corrected chi connectivity index (χ0v) is 13.3. The van der Waals surface area contributed by atoms with Crippen molar-refractivity contribution in [2.24, 2.45) is 0 Å². The molecule has 0 aliphatic carbocycles. The van der Waals surface area contributed by atoms with E-state index in [2.05, 4.69) is 14.9 Å². The van der Waals surface area contributed by atoms with E-state index < -0.39 is 10.0 Å². The summed E-state index contributed by atoms with van der Waals surface area (Å²) in [4.78, 5) is 14.2. The van der Waals surface area contributed by atoms with E-state index in [4.69, 9.17) is 0 Å². The molecule has 1 aromatic carbocycles. The molecule has 1 amide bonds. The number of carbonyl (C=O) groups is 1. The number of nitrogens with zero attached hydrogens (tertiary/aromatic N) is 2. The van der Waals surface area contributed by atoms with Gasteiger partial charge in [0.15, 0.2) is 0 Å². The number of H-pyrrole nitrogens is 1. The SMILES string of the molecule is O=C(c1ccn[nH]1)N1CCC[C@H](NS(=O)(=O)c2ccccc2)C1. The predicted molar refractivity (Wildman–Crippen MR) is 84.3 cm³/mol. The number of hydrogen-bond acceptors (Lipinski definition) is 4. The topological polar surface area (TPSA) is 95.2 Å². The van der Waals surface area contributed by atoms with Gasteiger partial charge in [-0.05, 0) is 31.0 Å². The molecule has 1 saturated heterocycles. The largest absolute Gasteiger partial charge is 0.336 e. The zero-order chi connectivity index (χ0) is 16.3. The lowest BCUT2D eigenvalue weighted by Gasteiger charge is -2.32. The number of sulfonamides is 1. The minimum Gasteiger partial charge on any atom is -0.336 e. The van der Waals surface area contributed by atoms with Gasteiger partial charge in [-0.2, -0.15) is 5.10 Å². The van der Waals surface area contributed by atoms with Crippen molar-refractivity contribution in [1.82, 2.24) is 19.8 Å². The van der Waals surface area contributed by atoms with Crippen molar-refractivity contribution in [2.45, 2.75) is 23.8 Å². The molecular weight excluding hydrogens is 316 g/mol. The maximum Gasteiger partial charge on any atom is 0.271 e. The molecule has 2 N–H and O–H groups in total. The highest BCUT2D eigenvalue weighted by Gasteiger charge is 2.28. The first-order valence-corrected chi connectivity index (χ1v) is 8.90. The molecule has 1 aromatic heterocycles. The second-order valence-corrected chi connectivity index (χ2v) is 7.21. The van der Waals surface area contributed by atoms with E-state index in [0.29, 0.717) is 25.2 Å². The average Bonchev–Trinajstić information content (AvgIpc) is 3.09. The van der Waals surface area contributed by atoms with Crippen LogP contribution >= 0.6 is 0 Å². The maximum atomic E-state index is 12.4. The van der Waals surface area contributed by atoms with Crippen molar-refractivity contribution < 1.29 is 13.2 Å². The van der Waals surface area contributed by atoms with Gasteiger partial charge in [-0.1, -0.05) is 18.2 Å². The first-order chi connectivity index (χ1) is 11.1. The first kappa shape index (κ1) is 15.7. The Balaban J connectivity index is 1.68. The van der Waals surface area contributed by atoms with Gasteiger partial charge in [-0.3, -0.25) is 9.89 Å². The Hall–Kier alpha value is -2.19. The number of nitrogens with one attached hydrogen (secondary N) is 2. The van der Waals surface area contributed by atoms with Gasteiger partial charge in [-0.15, -0.1) is 0 Å². The van der Waals surface area contributed by atoms with Gasteiger partial charge in [0, 0.05) is 25.3 Å². The van der Waals surface area contributed by atoms with Crippen molar-refractivity contribution in [3.8, 4) is 0 Å². The molecule has 0 bridgehead atoms. The van der Waals surface area contributed by atoms with Crippen LogP contribution in [0.15, 0.2) is 47.5 Å². The van der Waals surface area contributed by atoms with E-state index in [1.54, 1.807) is 41.3 Å². The highest BCUT2D eigenvalue weighted by Crippen LogP contribution is 2.16. The minimum atomic E-state index is -3.57. The molecule has 122 valence electrons. The summed E-state index contributed by atoms with van der Waals surface area (Å²) in [7, 11) is -3.57. The van der Waals surface area contributed by atoms with E-state index in [1.807, 2.05) is 0 Å². The molecule has 1 atom stereocenters. The minimum absolute atomic E-state index is 0.161. The molecule has 23 heavy (non-hydrogen) atoms. The molecule has 0 radical (unpaired) electrons. The standard InChI is InChI=1S/C15H18N4O3S/c20-15(14-8-9-16-17-14)19-10-4-5-12(11-19)18-23(21,22)13-6-2-1-3-7-13/h1-3,6-9,12,18H,4-5,10-11H2,(H,16,17)/t12-/m0/s1. The summed E-state index contributed by atoms with van der Waals surface area (Å²) in [5.41, 5.74) is 0.413. The zero-order valence-electron chi connectivity index (χ0n) is 12.5. The van der Waals surface area contributed by atoms with E-state index >= 15 is 0 Å². The smallest absolute Gasteiger partial charge is 0.271 e. The van der Waals surface area contributed by atoms with Crippen LogP contribution in [0, 0.1) is 0 Å². The summed E-state index contributed by atoms with van der Waals surface area (Å²) in [6, 6.07) is 9.57. The van der Waals surface area contributed by atoms with E-state index in [1.165, 1.54) is 6.20 Å². The highest BCUT2D eigenvalue weighted by molar-refractivity contribution is 7.89. The summed E-state index contributed by atoms with van der Waals surface area (Å²) in [5.74, 6) is -0.161. The summed E-state index contributed by atoms with van der Waals surface area (Å²) in [6.45, 7) is 0.964. The monoisotopic (exact) mass is 334 g/mol. The lowest BCUT2D eigenvalue weighted by atomic mass is 10.1. The second-order valence-electron chi connectivity index (χ2n) is 5.49. The number of piperidine rings is 1. The number of aromatic amines is 1. The summed E-state index contributed by atoms with van der Waals surface area (Å²) in [5, 5.41) is 6.42. The molecule has 8 heteroatoms. The van der Waals surface area contributed by atoms with Crippen molar-refractivity contribution >= 4 is 15.9 Å². The summed E-state index contributed by atoms with van der Waals surface area (Å²) < 4.78 is 27.4. The van der Waals surface area contributed by atoms with Crippen LogP contribution in [0.1, 0.15) is 23.3 Å². The van der Waals surface area contributed by atoms with Gasteiger partial charge < -0.3 is 4.90 Å². The van der Waals surface area contributed by atoms with Gasteiger partial charge in [0.1, 0.15) is 5.69 Å². The second kappa shape index (κ2) is 6.51. The molecule has 1 fully saturated rings. The molecule has 0 unspecified atom stereocenters. The van der Waals surface area contributed by atoms with Gasteiger partial charge in [0.2, 0.25) is 10.0 Å². The average molecular weight is 334 g/mol. The van der Waals surface area contributed by atoms with Gasteiger partial charge in [-0.25, -0.2) is 13.1 Å². The van der Waals surface area contributed by atoms with Crippen molar-refractivity contribution in [2.75, 3.05) is 13.1 Å². The predicted octanol–water partition coefficient (Wildman–Crippen LogP) is 0.993. The Morgan fingerprint density at radius 1 is 1.26 bits per heavy atom. The molecule has 0 saturated carbocycles. The fourth-order valence-corrected chi connectivity index (χ4v) is 3.97. The number of aromatic nitrogens is 2. The van der Waals surface area contributed by atoms with Crippen LogP contribution in [0.2, 0.25) is 0 Å². The van der Waals surface area contributed by atoms with Crippen LogP contribution in [0.3, 0.4) is 0 Å². The number of rotatable bonds is 4. The van der Waals surface area contributed by atoms with E-state index in [-0.39, 0.29) is 16.8 Å². The van der Waals surface area contributed by atoms with Crippen LogP contribution in [-0.4, -0.2) is 48.6 Å². The highest BCUT2D eigenvalue weighted by atomic mass is 32.2. The Kier molecular flexibility index (Phi) is 4.44. The molecule has 2 aromatic rings. The molecule has 0 spiro atoms. The van der Waals surface area contributed by atoms with Crippen molar-refractivity contribution in [3.63, 3.8) is 0 Å². The number of hydrogen-bond donors (Lipinski definition) is 2. The Morgan fingerprint density at radius 3 is 2.74 bits per heavy atom. The third-order valence-electron chi connectivity index (χ3n) is 3.82. The first-order valence-electron chi connectivity index (χ1n) is 7.42. The van der Waals surface area contributed by atoms with Gasteiger partial charge in [0.05, 0.1) is 4.90 Å². The normalized spacial score (nSPS) is 18.8. The number of likely N-dealkylation sites (tertiary alicyclic amines) is 1. The van der Waals surface area contributed by atoms with Crippen molar-refractivity contribution in [1.29, 1.82) is 0 Å². The maximum absolute atomic E-state index is 12.4. The molecule has 3 rings (SSSR count). The van der Waals surface area contributed by atoms with Crippen molar-refractivity contribution in [3.05, 3.63) is 48.3 Å².